The molecule has 1 aliphatic heterocycles. The summed E-state index contributed by atoms with van der Waals surface area (Å²) >= 11 is 7.68. The number of hydrogen-bond donors (Lipinski definition) is 3. The summed E-state index contributed by atoms with van der Waals surface area (Å²) in [7, 11) is 0.738. The molecule has 61 heavy (non-hydrogen) atoms. The fourth-order valence-electron chi connectivity index (χ4n) is 7.47. The number of sulfonamides is 1. The van der Waals surface area contributed by atoms with Crippen LogP contribution in [0.2, 0.25) is 5.02 Å². The van der Waals surface area contributed by atoms with Crippen LogP contribution in [0.25, 0.3) is 22.0 Å². The van der Waals surface area contributed by atoms with Gasteiger partial charge in [0.1, 0.15) is 41.0 Å². The minimum atomic E-state index is -3.91. The zero-order valence-corrected chi connectivity index (χ0v) is 38.4. The molecule has 2 aromatic heterocycles. The van der Waals surface area contributed by atoms with Crippen molar-refractivity contribution in [3.8, 4) is 34.4 Å². The Morgan fingerprint density at radius 3 is 2.30 bits per heavy atom. The number of fused-ring (bicyclic) bond motifs is 1. The third kappa shape index (κ3) is 9.60. The molecule has 4 aromatic rings. The van der Waals surface area contributed by atoms with E-state index in [4.69, 9.17) is 35.5 Å². The van der Waals surface area contributed by atoms with E-state index in [-0.39, 0.29) is 50.1 Å². The monoisotopic (exact) mass is 938 g/mol. The molecule has 2 aliphatic carbocycles. The van der Waals surface area contributed by atoms with E-state index < -0.39 is 68.1 Å². The van der Waals surface area contributed by atoms with E-state index >= 15 is 0 Å². The molecule has 0 unspecified atom stereocenters. The molecule has 15 nitrogen and oxygen atoms in total. The van der Waals surface area contributed by atoms with Crippen molar-refractivity contribution in [2.45, 2.75) is 75.4 Å². The summed E-state index contributed by atoms with van der Waals surface area (Å²) < 4.78 is 51.0. The van der Waals surface area contributed by atoms with E-state index in [0.29, 0.717) is 62.3 Å². The van der Waals surface area contributed by atoms with Crippen LogP contribution in [0.4, 0.5) is 5.13 Å². The largest absolute Gasteiger partial charge is 0.496 e. The molecule has 20 heteroatoms. The summed E-state index contributed by atoms with van der Waals surface area (Å²) in [5, 5.41) is 9.53. The highest BCUT2D eigenvalue weighted by molar-refractivity contribution is 7.91. The van der Waals surface area contributed by atoms with Crippen LogP contribution in [0.5, 0.6) is 23.1 Å². The van der Waals surface area contributed by atoms with Crippen molar-refractivity contribution in [1.29, 1.82) is 0 Å². The van der Waals surface area contributed by atoms with Gasteiger partial charge in [-0.25, -0.2) is 18.4 Å². The quantitative estimate of drug-likeness (QED) is 0.111. The van der Waals surface area contributed by atoms with E-state index in [9.17, 15) is 22.8 Å². The van der Waals surface area contributed by atoms with Crippen LogP contribution in [0, 0.1) is 11.3 Å². The first kappa shape index (κ1) is 47.5. The highest BCUT2D eigenvalue weighted by Gasteiger charge is 2.62. The molecule has 0 bridgehead atoms. The number of methoxy groups -OCH3 is 3. The molecule has 330 valence electrons. The van der Waals surface area contributed by atoms with Crippen molar-refractivity contribution in [1.82, 2.24) is 24.9 Å². The average Bonchev–Trinajstić information content (AvgIpc) is 4.10. The molecule has 0 radical (unpaired) electrons. The maximum Gasteiger partial charge on any atom is 0.259 e. The lowest BCUT2D eigenvalue weighted by Gasteiger charge is -2.35. The number of ether oxygens (including phenoxy) is 4. The number of pyridine rings is 1. The topological polar surface area (TPSA) is 187 Å². The van der Waals surface area contributed by atoms with Gasteiger partial charge in [0, 0.05) is 33.5 Å². The number of carbonyl (C=O) groups excluding carboxylic acids is 3. The minimum absolute atomic E-state index is 0. The molecule has 3 fully saturated rings. The second-order valence-electron chi connectivity index (χ2n) is 16.0. The third-order valence-corrected chi connectivity index (χ3v) is 13.8. The smallest absolute Gasteiger partial charge is 0.259 e. The maximum absolute atomic E-state index is 15.0. The lowest BCUT2D eigenvalue weighted by Crippen LogP contribution is -2.58. The van der Waals surface area contributed by atoms with Gasteiger partial charge in [0.25, 0.3) is 5.91 Å². The van der Waals surface area contributed by atoms with E-state index in [2.05, 4.69) is 26.9 Å². The van der Waals surface area contributed by atoms with Crippen LogP contribution >= 0.6 is 47.8 Å². The molecule has 7 rings (SSSR count). The molecular weight excluding hydrogens is 891 g/mol. The Labute approximate surface area is 376 Å². The van der Waals surface area contributed by atoms with Crippen LogP contribution in [0.1, 0.15) is 46.5 Å². The Balaban J connectivity index is 0.00000352. The van der Waals surface area contributed by atoms with Gasteiger partial charge in [-0.2, -0.15) is 0 Å². The molecule has 3 amide bonds. The third-order valence-electron chi connectivity index (χ3n) is 10.9. The molecule has 3 heterocycles. The van der Waals surface area contributed by atoms with Crippen LogP contribution in [-0.2, 0) is 24.4 Å². The van der Waals surface area contributed by atoms with Crippen LogP contribution in [0.15, 0.2) is 60.6 Å². The first-order valence-corrected chi connectivity index (χ1v) is 21.9. The van der Waals surface area contributed by atoms with Crippen molar-refractivity contribution in [3.05, 3.63) is 65.7 Å². The number of halogens is 3. The van der Waals surface area contributed by atoms with E-state index in [0.717, 1.165) is 0 Å². The van der Waals surface area contributed by atoms with Crippen molar-refractivity contribution in [3.63, 3.8) is 0 Å². The van der Waals surface area contributed by atoms with Crippen LogP contribution in [0.3, 0.4) is 0 Å². The standard InChI is InChI=1S/C41H47ClN6O9S2.2ClH/c1-8-22-18-41(22,38(51)47-59(52,53)25-13-14-25)46-35(49)29-17-24(57-36-27-16-23(42)12-15-26(27)32(56-7)19-43-36)20-48(29)37(50)34(40(2,3)4)45-39-44-28(21-58-39)33-30(54-5)10-9-11-31(33)55-6;;/h8-12,15-16,19,21-22,24-25,29,34H,1,13-14,17-18,20H2,2-7H3,(H,44,45)(H,46,49)(H,47,51);2*1H/t22-,24-,29+,34-,41-;;/m1../s1. The number of thiazole rings is 1. The molecule has 0 spiro atoms. The summed E-state index contributed by atoms with van der Waals surface area (Å²) in [5.41, 5.74) is -1.04. The molecule has 5 atom stereocenters. The molecule has 3 N–H and O–H groups in total. The first-order chi connectivity index (χ1) is 28.0. The maximum atomic E-state index is 15.0. The van der Waals surface area contributed by atoms with E-state index in [1.54, 1.807) is 44.6 Å². The average molecular weight is 940 g/mol. The van der Waals surface area contributed by atoms with Gasteiger partial charge in [-0.3, -0.25) is 19.1 Å². The Morgan fingerprint density at radius 1 is 1.03 bits per heavy atom. The van der Waals surface area contributed by atoms with Gasteiger partial charge in [-0.1, -0.05) is 44.5 Å². The summed E-state index contributed by atoms with van der Waals surface area (Å²) in [5.74, 6) is -0.563. The predicted molar refractivity (Wildman–Crippen MR) is 239 cm³/mol. The fourth-order valence-corrected chi connectivity index (χ4v) is 9.74. The number of rotatable bonds is 15. The molecule has 2 aromatic carbocycles. The first-order valence-electron chi connectivity index (χ1n) is 19.1. The number of hydrogen-bond acceptors (Lipinski definition) is 13. The van der Waals surface area contributed by atoms with Gasteiger partial charge < -0.3 is 34.5 Å². The Hall–Kier alpha value is -4.55. The number of benzene rings is 2. The predicted octanol–water partition coefficient (Wildman–Crippen LogP) is 6.43. The van der Waals surface area contributed by atoms with E-state index in [1.165, 1.54) is 35.6 Å². The lowest BCUT2D eigenvalue weighted by atomic mass is 9.85. The van der Waals surface area contributed by atoms with Gasteiger partial charge in [0.15, 0.2) is 5.13 Å². The summed E-state index contributed by atoms with van der Waals surface area (Å²) in [6.45, 7) is 9.48. The fraction of sp³-hybridized carbons (Fsp3) is 0.439. The number of nitrogens with one attached hydrogen (secondary N) is 3. The van der Waals surface area contributed by atoms with Crippen LogP contribution < -0.4 is 34.3 Å². The van der Waals surface area contributed by atoms with Gasteiger partial charge in [-0.05, 0) is 55.0 Å². The van der Waals surface area contributed by atoms with Crippen molar-refractivity contribution in [2.24, 2.45) is 11.3 Å². The Bertz CT molecular complexity index is 2400. The summed E-state index contributed by atoms with van der Waals surface area (Å²) in [6.07, 6.45) is 3.38. The molecule has 3 aliphatic rings. The number of carbonyl (C=O) groups is 3. The minimum Gasteiger partial charge on any atom is -0.496 e. The second kappa shape index (κ2) is 18.4. The Kier molecular flexibility index (Phi) is 14.3. The van der Waals surface area contributed by atoms with E-state index in [1.807, 2.05) is 32.2 Å². The highest BCUT2D eigenvalue weighted by Crippen LogP contribution is 2.46. The van der Waals surface area contributed by atoms with Crippen LogP contribution in [-0.4, -0.2) is 97.9 Å². The summed E-state index contributed by atoms with van der Waals surface area (Å²) in [6, 6.07) is 8.60. The van der Waals surface area contributed by atoms with Gasteiger partial charge in [0.05, 0.1) is 50.6 Å². The zero-order chi connectivity index (χ0) is 42.4. The molecular formula is C41H49Cl3N6O9S2. The normalized spacial score (nSPS) is 21.2. The van der Waals surface area contributed by atoms with Crippen molar-refractivity contribution in [2.75, 3.05) is 33.2 Å². The number of amides is 3. The van der Waals surface area contributed by atoms with Crippen molar-refractivity contribution >= 4 is 91.4 Å². The SMILES string of the molecule is C=C[C@@H]1C[C@]1(NC(=O)[C@@H]1C[C@@H](Oc2ncc(OC)c3ccc(Cl)cc23)CN1C(=O)[C@@H](Nc1nc(-c2c(OC)cccc2OC)cs1)C(C)(C)C)C(=O)NS(=O)(=O)C1CC1.Cl.Cl. The van der Waals surface area contributed by atoms with Gasteiger partial charge in [0.2, 0.25) is 27.7 Å². The van der Waals surface area contributed by atoms with Gasteiger partial charge >= 0.3 is 0 Å². The number of likely N-dealkylation sites (tertiary alicyclic amines) is 1. The Morgan fingerprint density at radius 2 is 1.70 bits per heavy atom. The number of anilines is 1. The second-order valence-corrected chi connectivity index (χ2v) is 19.3. The zero-order valence-electron chi connectivity index (χ0n) is 34.4. The van der Waals surface area contributed by atoms with Crippen molar-refractivity contribution < 1.29 is 41.7 Å². The lowest BCUT2D eigenvalue weighted by molar-refractivity contribution is -0.141. The van der Waals surface area contributed by atoms with Gasteiger partial charge in [-0.15, -0.1) is 42.7 Å². The number of aromatic nitrogens is 2. The highest BCUT2D eigenvalue weighted by atomic mass is 35.5. The molecule has 2 saturated carbocycles. The number of nitrogens with zero attached hydrogens (tertiary/aromatic N) is 3. The summed E-state index contributed by atoms with van der Waals surface area (Å²) in [4.78, 5) is 53.9. The molecule has 1 saturated heterocycles.